The number of sulfonamides is 1. The van der Waals surface area contributed by atoms with Gasteiger partial charge in [0.05, 0.1) is 11.6 Å². The van der Waals surface area contributed by atoms with Crippen molar-refractivity contribution >= 4 is 27.3 Å². The molecular weight excluding hydrogens is 295 g/mol. The number of nitrogens with two attached hydrogens (primary N) is 1. The standard InChI is InChI=1S/C11H14ClFN2O3S/c12-9-4-7(14)5-10(11(9)13)19(17,18)15-3-1-2-8(15)6-16/h4-5,8,16H,1-3,6,14H2/t8-/m1/s1. The van der Waals surface area contributed by atoms with E-state index in [1.807, 2.05) is 0 Å². The summed E-state index contributed by atoms with van der Waals surface area (Å²) in [6.07, 6.45) is 1.18. The second-order valence-electron chi connectivity index (χ2n) is 4.41. The van der Waals surface area contributed by atoms with E-state index in [1.54, 1.807) is 0 Å². The van der Waals surface area contributed by atoms with Crippen LogP contribution in [-0.4, -0.2) is 37.0 Å². The molecule has 0 radical (unpaired) electrons. The van der Waals surface area contributed by atoms with E-state index < -0.39 is 26.8 Å². The Morgan fingerprint density at radius 1 is 1.53 bits per heavy atom. The van der Waals surface area contributed by atoms with E-state index in [9.17, 15) is 17.9 Å². The summed E-state index contributed by atoms with van der Waals surface area (Å²) >= 11 is 5.61. The SMILES string of the molecule is Nc1cc(Cl)c(F)c(S(=O)(=O)N2CCC[C@@H]2CO)c1. The van der Waals surface area contributed by atoms with Crippen molar-refractivity contribution in [2.75, 3.05) is 18.9 Å². The third-order valence-corrected chi connectivity index (χ3v) is 5.36. The minimum absolute atomic E-state index is 0.0738. The number of hydrogen-bond donors (Lipinski definition) is 2. The van der Waals surface area contributed by atoms with Crippen LogP contribution in [0.3, 0.4) is 0 Å². The number of benzene rings is 1. The van der Waals surface area contributed by atoms with Gasteiger partial charge in [-0.05, 0) is 25.0 Å². The van der Waals surface area contributed by atoms with Crippen molar-refractivity contribution < 1.29 is 17.9 Å². The first kappa shape index (κ1) is 14.5. The zero-order valence-electron chi connectivity index (χ0n) is 10.0. The zero-order chi connectivity index (χ0) is 14.2. The lowest BCUT2D eigenvalue weighted by Gasteiger charge is -2.23. The van der Waals surface area contributed by atoms with Gasteiger partial charge in [0.1, 0.15) is 4.90 Å². The molecule has 2 rings (SSSR count). The molecule has 0 unspecified atom stereocenters. The van der Waals surface area contributed by atoms with Gasteiger partial charge in [-0.2, -0.15) is 4.31 Å². The molecule has 3 N–H and O–H groups in total. The molecule has 5 nitrogen and oxygen atoms in total. The number of nitrogens with zero attached hydrogens (tertiary/aromatic N) is 1. The third-order valence-electron chi connectivity index (χ3n) is 3.14. The summed E-state index contributed by atoms with van der Waals surface area (Å²) in [4.78, 5) is -0.544. The van der Waals surface area contributed by atoms with Gasteiger partial charge in [-0.1, -0.05) is 11.6 Å². The molecule has 8 heteroatoms. The van der Waals surface area contributed by atoms with Gasteiger partial charge in [-0.25, -0.2) is 12.8 Å². The molecule has 1 atom stereocenters. The summed E-state index contributed by atoms with van der Waals surface area (Å²) in [7, 11) is -4.04. The van der Waals surface area contributed by atoms with Crippen molar-refractivity contribution in [3.05, 3.63) is 23.0 Å². The molecule has 1 heterocycles. The second kappa shape index (κ2) is 5.24. The minimum Gasteiger partial charge on any atom is -0.399 e. The van der Waals surface area contributed by atoms with E-state index in [4.69, 9.17) is 17.3 Å². The van der Waals surface area contributed by atoms with Crippen LogP contribution in [0.4, 0.5) is 10.1 Å². The molecule has 1 saturated heterocycles. The number of aliphatic hydroxyl groups excluding tert-OH is 1. The van der Waals surface area contributed by atoms with E-state index in [2.05, 4.69) is 0 Å². The summed E-state index contributed by atoms with van der Waals surface area (Å²) in [5, 5.41) is 8.84. The maximum Gasteiger partial charge on any atom is 0.246 e. The summed E-state index contributed by atoms with van der Waals surface area (Å²) in [6, 6.07) is 1.68. The van der Waals surface area contributed by atoms with Gasteiger partial charge >= 0.3 is 0 Å². The number of aliphatic hydroxyl groups is 1. The molecule has 0 amide bonds. The third kappa shape index (κ3) is 2.55. The summed E-state index contributed by atoms with van der Waals surface area (Å²) in [6.45, 7) is -0.0453. The Labute approximate surface area is 115 Å². The van der Waals surface area contributed by atoms with Crippen molar-refractivity contribution in [2.45, 2.75) is 23.8 Å². The Kier molecular flexibility index (Phi) is 4.00. The van der Waals surface area contributed by atoms with Gasteiger partial charge in [0.15, 0.2) is 5.82 Å². The van der Waals surface area contributed by atoms with Gasteiger partial charge in [0.25, 0.3) is 0 Å². The molecule has 0 saturated carbocycles. The van der Waals surface area contributed by atoms with Crippen LogP contribution in [0, 0.1) is 5.82 Å². The van der Waals surface area contributed by atoms with Gasteiger partial charge < -0.3 is 10.8 Å². The van der Waals surface area contributed by atoms with E-state index >= 15 is 0 Å². The van der Waals surface area contributed by atoms with Crippen LogP contribution in [-0.2, 0) is 10.0 Å². The van der Waals surface area contributed by atoms with Crippen LogP contribution in [0.1, 0.15) is 12.8 Å². The summed E-state index contributed by atoms with van der Waals surface area (Å²) < 4.78 is 39.8. The number of anilines is 1. The Hall–Kier alpha value is -0.890. The van der Waals surface area contributed by atoms with E-state index in [-0.39, 0.29) is 23.9 Å². The fourth-order valence-electron chi connectivity index (χ4n) is 2.21. The molecule has 0 aliphatic carbocycles. The van der Waals surface area contributed by atoms with Crippen LogP contribution >= 0.6 is 11.6 Å². The highest BCUT2D eigenvalue weighted by Crippen LogP contribution is 2.31. The van der Waals surface area contributed by atoms with Crippen LogP contribution in [0.15, 0.2) is 17.0 Å². The van der Waals surface area contributed by atoms with Crippen LogP contribution in [0.5, 0.6) is 0 Å². The number of hydrogen-bond acceptors (Lipinski definition) is 4. The number of nitrogen functional groups attached to an aromatic ring is 1. The smallest absolute Gasteiger partial charge is 0.246 e. The molecule has 0 spiro atoms. The lowest BCUT2D eigenvalue weighted by molar-refractivity contribution is 0.213. The van der Waals surface area contributed by atoms with Crippen molar-refractivity contribution in [2.24, 2.45) is 0 Å². The van der Waals surface area contributed by atoms with Gasteiger partial charge in [0, 0.05) is 18.3 Å². The predicted molar refractivity (Wildman–Crippen MR) is 69.8 cm³/mol. The average molecular weight is 309 g/mol. The molecule has 106 valence electrons. The fourth-order valence-corrected chi connectivity index (χ4v) is 4.30. The lowest BCUT2D eigenvalue weighted by Crippen LogP contribution is -2.38. The molecule has 1 aliphatic heterocycles. The predicted octanol–water partition coefficient (Wildman–Crippen LogP) is 1.21. The highest BCUT2D eigenvalue weighted by Gasteiger charge is 2.36. The fraction of sp³-hybridized carbons (Fsp3) is 0.455. The minimum atomic E-state index is -4.04. The molecule has 0 aromatic heterocycles. The second-order valence-corrected chi connectivity index (χ2v) is 6.68. The highest BCUT2D eigenvalue weighted by molar-refractivity contribution is 7.89. The molecular formula is C11H14ClFN2O3S. The molecule has 0 bridgehead atoms. The number of halogens is 2. The monoisotopic (exact) mass is 308 g/mol. The Bertz CT molecular complexity index is 594. The van der Waals surface area contributed by atoms with Crippen LogP contribution < -0.4 is 5.73 Å². The van der Waals surface area contributed by atoms with E-state index in [1.165, 1.54) is 0 Å². The first-order chi connectivity index (χ1) is 8.87. The van der Waals surface area contributed by atoms with Crippen molar-refractivity contribution in [3.63, 3.8) is 0 Å². The summed E-state index contributed by atoms with van der Waals surface area (Å²) in [5.41, 5.74) is 5.58. The Balaban J connectivity index is 2.51. The highest BCUT2D eigenvalue weighted by atomic mass is 35.5. The quantitative estimate of drug-likeness (QED) is 0.822. The van der Waals surface area contributed by atoms with E-state index in [0.717, 1.165) is 16.4 Å². The van der Waals surface area contributed by atoms with Crippen molar-refractivity contribution in [1.82, 2.24) is 4.31 Å². The largest absolute Gasteiger partial charge is 0.399 e. The van der Waals surface area contributed by atoms with Crippen LogP contribution in [0.2, 0.25) is 5.02 Å². The molecule has 1 fully saturated rings. The average Bonchev–Trinajstić information content (AvgIpc) is 2.82. The zero-order valence-corrected chi connectivity index (χ0v) is 11.6. The Morgan fingerprint density at radius 2 is 2.21 bits per heavy atom. The van der Waals surface area contributed by atoms with Crippen molar-refractivity contribution in [1.29, 1.82) is 0 Å². The Morgan fingerprint density at radius 3 is 2.84 bits per heavy atom. The first-order valence-electron chi connectivity index (χ1n) is 5.75. The topological polar surface area (TPSA) is 83.6 Å². The van der Waals surface area contributed by atoms with Gasteiger partial charge in [-0.3, -0.25) is 0 Å². The maximum atomic E-state index is 13.9. The van der Waals surface area contributed by atoms with Gasteiger partial charge in [0.2, 0.25) is 10.0 Å². The molecule has 1 aromatic rings. The van der Waals surface area contributed by atoms with Crippen molar-refractivity contribution in [3.8, 4) is 0 Å². The first-order valence-corrected chi connectivity index (χ1v) is 7.57. The van der Waals surface area contributed by atoms with Crippen LogP contribution in [0.25, 0.3) is 0 Å². The molecule has 1 aliphatic rings. The molecule has 19 heavy (non-hydrogen) atoms. The van der Waals surface area contributed by atoms with E-state index in [0.29, 0.717) is 12.8 Å². The number of rotatable bonds is 3. The normalized spacial score (nSPS) is 20.9. The summed E-state index contributed by atoms with van der Waals surface area (Å²) in [5.74, 6) is -1.01. The van der Waals surface area contributed by atoms with Gasteiger partial charge in [-0.15, -0.1) is 0 Å². The molecule has 1 aromatic carbocycles. The lowest BCUT2D eigenvalue weighted by atomic mass is 10.2. The maximum absolute atomic E-state index is 13.9.